The van der Waals surface area contributed by atoms with Crippen LogP contribution in [0.3, 0.4) is 0 Å². The van der Waals surface area contributed by atoms with Crippen molar-refractivity contribution in [1.82, 2.24) is 10.2 Å². The van der Waals surface area contributed by atoms with Crippen molar-refractivity contribution < 1.29 is 9.59 Å². The van der Waals surface area contributed by atoms with Crippen LogP contribution in [0, 0.1) is 9.49 Å². The first-order valence-corrected chi connectivity index (χ1v) is 8.70. The molecule has 3 N–H and O–H groups in total. The van der Waals surface area contributed by atoms with Crippen molar-refractivity contribution in [3.8, 4) is 0 Å². The minimum absolute atomic E-state index is 0.0163. The zero-order valence-corrected chi connectivity index (χ0v) is 14.7. The van der Waals surface area contributed by atoms with Crippen molar-refractivity contribution in [2.45, 2.75) is 19.3 Å². The summed E-state index contributed by atoms with van der Waals surface area (Å²) < 4.78 is 0.964. The molecule has 0 saturated carbocycles. The predicted molar refractivity (Wildman–Crippen MR) is 94.5 cm³/mol. The Labute approximate surface area is 144 Å². The number of rotatable bonds is 6. The quantitative estimate of drug-likeness (QED) is 0.548. The molecule has 6 heteroatoms. The molecule has 0 spiro atoms. The van der Waals surface area contributed by atoms with E-state index in [4.69, 9.17) is 5.73 Å². The molecule has 0 bridgehead atoms. The third-order valence-corrected chi connectivity index (χ3v) is 4.99. The van der Waals surface area contributed by atoms with Crippen LogP contribution in [0.4, 0.5) is 0 Å². The predicted octanol–water partition coefficient (Wildman–Crippen LogP) is 1.61. The zero-order valence-electron chi connectivity index (χ0n) is 12.6. The minimum atomic E-state index is -0.177. The molecule has 1 aromatic carbocycles. The maximum absolute atomic E-state index is 12.1. The van der Waals surface area contributed by atoms with Gasteiger partial charge in [0.15, 0.2) is 0 Å². The van der Waals surface area contributed by atoms with E-state index in [0.717, 1.165) is 48.0 Å². The lowest BCUT2D eigenvalue weighted by Crippen LogP contribution is -2.39. The van der Waals surface area contributed by atoms with Gasteiger partial charge in [0.25, 0.3) is 5.91 Å². The smallest absolute Gasteiger partial charge is 0.252 e. The number of benzene rings is 1. The largest absolute Gasteiger partial charge is 0.369 e. The number of nitrogens with zero attached hydrogens (tertiary/aromatic N) is 1. The molecule has 1 saturated heterocycles. The Morgan fingerprint density at radius 1 is 1.27 bits per heavy atom. The van der Waals surface area contributed by atoms with E-state index in [-0.39, 0.29) is 17.7 Å². The molecule has 1 heterocycles. The zero-order chi connectivity index (χ0) is 15.9. The summed E-state index contributed by atoms with van der Waals surface area (Å²) >= 11 is 2.17. The number of carbonyl (C=O) groups excluding carboxylic acids is 2. The Balaban J connectivity index is 1.65. The van der Waals surface area contributed by atoms with Gasteiger partial charge in [-0.15, -0.1) is 0 Å². The molecule has 22 heavy (non-hydrogen) atoms. The standard InChI is InChI=1S/C16H22IN3O2/c17-14-5-2-1-4-13(14)16(22)19-8-3-9-20-10-6-12(7-11-20)15(18)21/h1-2,4-5,12H,3,6-11H2,(H2,18,21)(H,19,22). The molecule has 1 aromatic rings. The topological polar surface area (TPSA) is 75.4 Å². The lowest BCUT2D eigenvalue weighted by atomic mass is 9.96. The van der Waals surface area contributed by atoms with E-state index in [1.165, 1.54) is 0 Å². The van der Waals surface area contributed by atoms with E-state index >= 15 is 0 Å². The maximum atomic E-state index is 12.1. The number of primary amides is 1. The van der Waals surface area contributed by atoms with Gasteiger partial charge in [-0.2, -0.15) is 0 Å². The van der Waals surface area contributed by atoms with Gasteiger partial charge in [-0.1, -0.05) is 12.1 Å². The number of nitrogens with two attached hydrogens (primary N) is 1. The molecule has 2 amide bonds. The van der Waals surface area contributed by atoms with E-state index in [2.05, 4.69) is 32.8 Å². The van der Waals surface area contributed by atoms with Crippen molar-refractivity contribution in [2.75, 3.05) is 26.2 Å². The fraction of sp³-hybridized carbons (Fsp3) is 0.500. The molecule has 1 aliphatic heterocycles. The Bertz CT molecular complexity index is 528. The van der Waals surface area contributed by atoms with Crippen molar-refractivity contribution >= 4 is 34.4 Å². The first-order valence-electron chi connectivity index (χ1n) is 7.62. The van der Waals surface area contributed by atoms with E-state index in [1.54, 1.807) is 0 Å². The fourth-order valence-electron chi connectivity index (χ4n) is 2.69. The van der Waals surface area contributed by atoms with Crippen LogP contribution in [0.15, 0.2) is 24.3 Å². The summed E-state index contributed by atoms with van der Waals surface area (Å²) in [4.78, 5) is 25.5. The highest BCUT2D eigenvalue weighted by atomic mass is 127. The van der Waals surface area contributed by atoms with Gasteiger partial charge in [0, 0.05) is 16.0 Å². The van der Waals surface area contributed by atoms with Gasteiger partial charge in [0.05, 0.1) is 5.56 Å². The second-order valence-corrected chi connectivity index (χ2v) is 6.77. The summed E-state index contributed by atoms with van der Waals surface area (Å²) in [5, 5.41) is 2.96. The number of amides is 2. The molecule has 0 atom stereocenters. The van der Waals surface area contributed by atoms with Crippen LogP contribution in [-0.4, -0.2) is 42.9 Å². The maximum Gasteiger partial charge on any atom is 0.252 e. The lowest BCUT2D eigenvalue weighted by Gasteiger charge is -2.30. The monoisotopic (exact) mass is 415 g/mol. The molecule has 1 aliphatic rings. The average molecular weight is 415 g/mol. The Morgan fingerprint density at radius 2 is 1.95 bits per heavy atom. The third-order valence-electron chi connectivity index (χ3n) is 4.05. The number of likely N-dealkylation sites (tertiary alicyclic amines) is 1. The third kappa shape index (κ3) is 4.95. The Morgan fingerprint density at radius 3 is 2.59 bits per heavy atom. The van der Waals surface area contributed by atoms with Gasteiger partial charge in [0.2, 0.25) is 5.91 Å². The van der Waals surface area contributed by atoms with Crippen LogP contribution in [0.25, 0.3) is 0 Å². The molecular weight excluding hydrogens is 393 g/mol. The van der Waals surface area contributed by atoms with Crippen LogP contribution in [0.2, 0.25) is 0 Å². The van der Waals surface area contributed by atoms with Crippen LogP contribution >= 0.6 is 22.6 Å². The van der Waals surface area contributed by atoms with E-state index in [0.29, 0.717) is 6.54 Å². The van der Waals surface area contributed by atoms with Crippen molar-refractivity contribution in [3.05, 3.63) is 33.4 Å². The van der Waals surface area contributed by atoms with Crippen LogP contribution in [0.1, 0.15) is 29.6 Å². The first kappa shape index (κ1) is 17.2. The van der Waals surface area contributed by atoms with Crippen molar-refractivity contribution in [3.63, 3.8) is 0 Å². The Hall–Kier alpha value is -1.15. The molecule has 2 rings (SSSR count). The number of carbonyl (C=O) groups is 2. The molecule has 0 radical (unpaired) electrons. The lowest BCUT2D eigenvalue weighted by molar-refractivity contribution is -0.123. The van der Waals surface area contributed by atoms with Gasteiger partial charge in [0.1, 0.15) is 0 Å². The second kappa shape index (κ2) is 8.47. The van der Waals surface area contributed by atoms with Crippen LogP contribution in [-0.2, 0) is 4.79 Å². The normalized spacial score (nSPS) is 16.4. The Kier molecular flexibility index (Phi) is 6.63. The average Bonchev–Trinajstić information content (AvgIpc) is 2.52. The van der Waals surface area contributed by atoms with E-state index in [9.17, 15) is 9.59 Å². The number of hydrogen-bond donors (Lipinski definition) is 2. The SMILES string of the molecule is NC(=O)C1CCN(CCCNC(=O)c2ccccc2I)CC1. The highest BCUT2D eigenvalue weighted by molar-refractivity contribution is 14.1. The number of nitrogens with one attached hydrogen (secondary N) is 1. The molecule has 5 nitrogen and oxygen atoms in total. The summed E-state index contributed by atoms with van der Waals surface area (Å²) in [5.74, 6) is -0.155. The fourth-order valence-corrected chi connectivity index (χ4v) is 3.32. The van der Waals surface area contributed by atoms with Gasteiger partial charge in [-0.25, -0.2) is 0 Å². The number of halogens is 1. The molecule has 0 aliphatic carbocycles. The summed E-state index contributed by atoms with van der Waals surface area (Å²) in [7, 11) is 0. The number of piperidine rings is 1. The van der Waals surface area contributed by atoms with E-state index in [1.807, 2.05) is 24.3 Å². The van der Waals surface area contributed by atoms with Crippen LogP contribution in [0.5, 0.6) is 0 Å². The summed E-state index contributed by atoms with van der Waals surface area (Å²) in [6.45, 7) is 3.44. The van der Waals surface area contributed by atoms with Crippen molar-refractivity contribution in [1.29, 1.82) is 0 Å². The second-order valence-electron chi connectivity index (χ2n) is 5.61. The van der Waals surface area contributed by atoms with E-state index < -0.39 is 0 Å². The molecular formula is C16H22IN3O2. The summed E-state index contributed by atoms with van der Waals surface area (Å²) in [6, 6.07) is 7.57. The van der Waals surface area contributed by atoms with Gasteiger partial charge in [-0.3, -0.25) is 9.59 Å². The van der Waals surface area contributed by atoms with Gasteiger partial charge >= 0.3 is 0 Å². The van der Waals surface area contributed by atoms with Crippen LogP contribution < -0.4 is 11.1 Å². The summed E-state index contributed by atoms with van der Waals surface area (Å²) in [6.07, 6.45) is 2.62. The minimum Gasteiger partial charge on any atom is -0.369 e. The van der Waals surface area contributed by atoms with Crippen molar-refractivity contribution in [2.24, 2.45) is 11.7 Å². The molecule has 0 unspecified atom stereocenters. The van der Waals surface area contributed by atoms with Gasteiger partial charge < -0.3 is 16.0 Å². The molecule has 0 aromatic heterocycles. The highest BCUT2D eigenvalue weighted by Crippen LogP contribution is 2.16. The van der Waals surface area contributed by atoms with Gasteiger partial charge in [-0.05, 0) is 73.6 Å². The highest BCUT2D eigenvalue weighted by Gasteiger charge is 2.22. The molecule has 120 valence electrons. The number of hydrogen-bond acceptors (Lipinski definition) is 3. The summed E-state index contributed by atoms with van der Waals surface area (Å²) in [5.41, 5.74) is 6.06. The first-order chi connectivity index (χ1) is 10.6. The molecule has 1 fully saturated rings.